The summed E-state index contributed by atoms with van der Waals surface area (Å²) < 4.78 is 4.87. The zero-order valence-electron chi connectivity index (χ0n) is 16.9. The summed E-state index contributed by atoms with van der Waals surface area (Å²) >= 11 is 1.75. The number of anilines is 1. The molecular formula is C19H32IN5O2S. The van der Waals surface area contributed by atoms with Gasteiger partial charge in [0.2, 0.25) is 0 Å². The van der Waals surface area contributed by atoms with Crippen LogP contribution >= 0.6 is 35.3 Å². The van der Waals surface area contributed by atoms with E-state index in [1.807, 2.05) is 0 Å². The largest absolute Gasteiger partial charge is 0.469 e. The molecule has 3 rings (SSSR count). The first-order chi connectivity index (χ1) is 13.2. The van der Waals surface area contributed by atoms with Crippen LogP contribution in [0.25, 0.3) is 0 Å². The fraction of sp³-hybridized carbons (Fsp3) is 0.737. The number of piperidine rings is 1. The Hall–Kier alpha value is -1.10. The van der Waals surface area contributed by atoms with Crippen LogP contribution in [0.15, 0.2) is 10.4 Å². The standard InChI is InChI=1S/C19H31N5O2S.HI/c1-3-20-18(23-12-7-15(8-13-23)17(25)26-2)21-9-6-16-14-27-19(22-16)24-10-4-5-11-24;/h14-15H,3-13H2,1-2H3,(H,20,21);1H. The highest BCUT2D eigenvalue weighted by molar-refractivity contribution is 14.0. The van der Waals surface area contributed by atoms with E-state index in [2.05, 4.69) is 27.4 Å². The Bertz CT molecular complexity index is 640. The maximum absolute atomic E-state index is 11.7. The Morgan fingerprint density at radius 1 is 1.32 bits per heavy atom. The van der Waals surface area contributed by atoms with Gasteiger partial charge in [0.15, 0.2) is 11.1 Å². The first kappa shape index (κ1) is 23.2. The number of thiazole rings is 1. The van der Waals surface area contributed by atoms with E-state index in [-0.39, 0.29) is 35.9 Å². The molecule has 0 saturated carbocycles. The van der Waals surface area contributed by atoms with Gasteiger partial charge < -0.3 is 19.9 Å². The fourth-order valence-electron chi connectivity index (χ4n) is 3.66. The van der Waals surface area contributed by atoms with Gasteiger partial charge in [-0.2, -0.15) is 0 Å². The number of likely N-dealkylation sites (tertiary alicyclic amines) is 1. The number of aliphatic imine (C=N–C) groups is 1. The van der Waals surface area contributed by atoms with E-state index in [4.69, 9.17) is 14.7 Å². The molecule has 2 saturated heterocycles. The molecule has 2 aliphatic heterocycles. The van der Waals surface area contributed by atoms with Gasteiger partial charge >= 0.3 is 5.97 Å². The number of halogens is 1. The van der Waals surface area contributed by atoms with Crippen molar-refractivity contribution in [3.8, 4) is 0 Å². The molecule has 0 atom stereocenters. The zero-order valence-corrected chi connectivity index (χ0v) is 20.0. The molecule has 2 aliphatic rings. The molecule has 3 heterocycles. The number of aromatic nitrogens is 1. The van der Waals surface area contributed by atoms with E-state index in [1.165, 1.54) is 20.0 Å². The van der Waals surface area contributed by atoms with Gasteiger partial charge in [-0.1, -0.05) is 0 Å². The molecule has 1 aromatic heterocycles. The molecule has 0 spiro atoms. The summed E-state index contributed by atoms with van der Waals surface area (Å²) in [5.74, 6) is 0.873. The summed E-state index contributed by atoms with van der Waals surface area (Å²) in [6.07, 6.45) is 5.05. The number of nitrogens with zero attached hydrogens (tertiary/aromatic N) is 4. The number of ether oxygens (including phenoxy) is 1. The molecular weight excluding hydrogens is 489 g/mol. The summed E-state index contributed by atoms with van der Waals surface area (Å²) in [6, 6.07) is 0. The Balaban J connectivity index is 0.00000280. The number of carbonyl (C=O) groups excluding carboxylic acids is 1. The van der Waals surface area contributed by atoms with Crippen molar-refractivity contribution in [2.24, 2.45) is 10.9 Å². The number of carbonyl (C=O) groups is 1. The third-order valence-electron chi connectivity index (χ3n) is 5.21. The lowest BCUT2D eigenvalue weighted by Gasteiger charge is -2.33. The second-order valence-electron chi connectivity index (χ2n) is 7.09. The van der Waals surface area contributed by atoms with Crippen LogP contribution in [0, 0.1) is 5.92 Å². The minimum atomic E-state index is -0.0890. The first-order valence-electron chi connectivity index (χ1n) is 10.0. The minimum Gasteiger partial charge on any atom is -0.469 e. The summed E-state index contributed by atoms with van der Waals surface area (Å²) in [5.41, 5.74) is 1.13. The van der Waals surface area contributed by atoms with E-state index in [1.54, 1.807) is 11.3 Å². The summed E-state index contributed by atoms with van der Waals surface area (Å²) in [6.45, 7) is 7.59. The third-order valence-corrected chi connectivity index (χ3v) is 6.16. The van der Waals surface area contributed by atoms with Crippen LogP contribution in [0.3, 0.4) is 0 Å². The Kier molecular flexibility index (Phi) is 9.76. The first-order valence-corrected chi connectivity index (χ1v) is 10.9. The number of hydrogen-bond acceptors (Lipinski definition) is 6. The Labute approximate surface area is 189 Å². The lowest BCUT2D eigenvalue weighted by Crippen LogP contribution is -2.46. The Morgan fingerprint density at radius 3 is 2.68 bits per heavy atom. The highest BCUT2D eigenvalue weighted by Crippen LogP contribution is 2.24. The maximum Gasteiger partial charge on any atom is 0.308 e. The molecule has 0 radical (unpaired) electrons. The van der Waals surface area contributed by atoms with E-state index < -0.39 is 0 Å². The van der Waals surface area contributed by atoms with E-state index in [9.17, 15) is 4.79 Å². The topological polar surface area (TPSA) is 70.1 Å². The van der Waals surface area contributed by atoms with Gasteiger partial charge in [-0.05, 0) is 32.6 Å². The van der Waals surface area contributed by atoms with Crippen LogP contribution in [0.1, 0.15) is 38.3 Å². The number of methoxy groups -OCH3 is 1. The molecule has 7 nitrogen and oxygen atoms in total. The molecule has 0 amide bonds. The van der Waals surface area contributed by atoms with Crippen LogP contribution in [0.4, 0.5) is 5.13 Å². The van der Waals surface area contributed by atoms with Crippen molar-refractivity contribution in [2.45, 2.75) is 39.0 Å². The van der Waals surface area contributed by atoms with Crippen molar-refractivity contribution < 1.29 is 9.53 Å². The van der Waals surface area contributed by atoms with E-state index in [0.29, 0.717) is 0 Å². The fourth-order valence-corrected chi connectivity index (χ4v) is 4.57. The SMILES string of the molecule is CCNC(=NCCc1csc(N2CCCC2)n1)N1CCC(C(=O)OC)CC1.I. The average molecular weight is 521 g/mol. The molecule has 1 aromatic rings. The Morgan fingerprint density at radius 2 is 2.04 bits per heavy atom. The van der Waals surface area contributed by atoms with Crippen molar-refractivity contribution in [1.82, 2.24) is 15.2 Å². The summed E-state index contributed by atoms with van der Waals surface area (Å²) in [4.78, 5) is 25.9. The van der Waals surface area contributed by atoms with E-state index in [0.717, 1.165) is 75.3 Å². The molecule has 9 heteroatoms. The van der Waals surface area contributed by atoms with Gasteiger partial charge in [0.05, 0.1) is 18.7 Å². The summed E-state index contributed by atoms with van der Waals surface area (Å²) in [7, 11) is 1.47. The molecule has 0 bridgehead atoms. The second-order valence-corrected chi connectivity index (χ2v) is 7.92. The lowest BCUT2D eigenvalue weighted by atomic mass is 9.97. The lowest BCUT2D eigenvalue weighted by molar-refractivity contribution is -0.146. The number of guanidine groups is 1. The van der Waals surface area contributed by atoms with Crippen LogP contribution < -0.4 is 10.2 Å². The number of nitrogens with one attached hydrogen (secondary N) is 1. The molecule has 0 unspecified atom stereocenters. The number of rotatable bonds is 6. The second kappa shape index (κ2) is 11.8. The minimum absolute atomic E-state index is 0. The number of esters is 1. The zero-order chi connectivity index (χ0) is 19.1. The maximum atomic E-state index is 11.7. The van der Waals surface area contributed by atoms with Crippen molar-refractivity contribution in [2.75, 3.05) is 51.3 Å². The van der Waals surface area contributed by atoms with Gasteiger partial charge in [0.25, 0.3) is 0 Å². The van der Waals surface area contributed by atoms with Gasteiger partial charge in [-0.25, -0.2) is 4.98 Å². The average Bonchev–Trinajstić information content (AvgIpc) is 3.38. The van der Waals surface area contributed by atoms with Gasteiger partial charge in [-0.15, -0.1) is 35.3 Å². The molecule has 0 aliphatic carbocycles. The van der Waals surface area contributed by atoms with Gasteiger partial charge in [-0.3, -0.25) is 9.79 Å². The van der Waals surface area contributed by atoms with E-state index >= 15 is 0 Å². The van der Waals surface area contributed by atoms with Crippen molar-refractivity contribution in [3.05, 3.63) is 11.1 Å². The predicted molar refractivity (Wildman–Crippen MR) is 125 cm³/mol. The normalized spacial score (nSPS) is 18.1. The highest BCUT2D eigenvalue weighted by Gasteiger charge is 2.27. The van der Waals surface area contributed by atoms with Gasteiger partial charge in [0.1, 0.15) is 0 Å². The van der Waals surface area contributed by atoms with Crippen LogP contribution in [0.5, 0.6) is 0 Å². The molecule has 2 fully saturated rings. The molecule has 0 aromatic carbocycles. The predicted octanol–water partition coefficient (Wildman–Crippen LogP) is 2.75. The monoisotopic (exact) mass is 521 g/mol. The quantitative estimate of drug-likeness (QED) is 0.269. The molecule has 1 N–H and O–H groups in total. The van der Waals surface area contributed by atoms with Crippen LogP contribution in [0.2, 0.25) is 0 Å². The van der Waals surface area contributed by atoms with Gasteiger partial charge in [0, 0.05) is 51.1 Å². The summed E-state index contributed by atoms with van der Waals surface area (Å²) in [5, 5.41) is 6.70. The molecule has 28 heavy (non-hydrogen) atoms. The van der Waals surface area contributed by atoms with Crippen LogP contribution in [-0.2, 0) is 16.0 Å². The van der Waals surface area contributed by atoms with Crippen molar-refractivity contribution in [3.63, 3.8) is 0 Å². The highest BCUT2D eigenvalue weighted by atomic mass is 127. The third kappa shape index (κ3) is 6.20. The van der Waals surface area contributed by atoms with Crippen molar-refractivity contribution in [1.29, 1.82) is 0 Å². The van der Waals surface area contributed by atoms with Crippen molar-refractivity contribution >= 4 is 52.4 Å². The number of hydrogen-bond donors (Lipinski definition) is 1. The smallest absolute Gasteiger partial charge is 0.308 e. The molecule has 158 valence electrons. The van der Waals surface area contributed by atoms with Crippen LogP contribution in [-0.4, -0.2) is 68.2 Å².